The van der Waals surface area contributed by atoms with Gasteiger partial charge in [0, 0.05) is 0 Å². The molecule has 5 nitrogen and oxygen atoms in total. The van der Waals surface area contributed by atoms with Crippen LogP contribution in [0.2, 0.25) is 18.1 Å². The molecule has 20 heavy (non-hydrogen) atoms. The van der Waals surface area contributed by atoms with Crippen LogP contribution in [-0.4, -0.2) is 32.6 Å². The normalized spacial score (nSPS) is 18.9. The number of pyridine rings is 1. The maximum absolute atomic E-state index is 6.22. The third kappa shape index (κ3) is 3.24. The molecule has 1 aromatic rings. The molecule has 1 atom stereocenters. The van der Waals surface area contributed by atoms with Gasteiger partial charge in [-0.25, -0.2) is 4.98 Å². The molecule has 0 aromatic carbocycles. The molecule has 0 fully saturated rings. The first-order valence-corrected chi connectivity index (χ1v) is 9.89. The van der Waals surface area contributed by atoms with E-state index in [2.05, 4.69) is 44.2 Å². The average Bonchev–Trinajstić information content (AvgIpc) is 2.34. The first kappa shape index (κ1) is 15.1. The van der Waals surface area contributed by atoms with Crippen LogP contribution in [0.4, 0.5) is 11.4 Å². The Kier molecular flexibility index (Phi) is 3.97. The highest BCUT2D eigenvalue weighted by Crippen LogP contribution is 2.37. The quantitative estimate of drug-likeness (QED) is 0.839. The minimum Gasteiger partial charge on any atom is -0.474 e. The smallest absolute Gasteiger partial charge is 0.237 e. The minimum atomic E-state index is -1.73. The van der Waals surface area contributed by atoms with Crippen LogP contribution in [0.1, 0.15) is 20.8 Å². The van der Waals surface area contributed by atoms with Crippen molar-refractivity contribution in [1.82, 2.24) is 4.98 Å². The van der Waals surface area contributed by atoms with Crippen molar-refractivity contribution in [2.45, 2.75) is 44.9 Å². The molecule has 0 spiro atoms. The Labute approximate surface area is 122 Å². The van der Waals surface area contributed by atoms with Crippen LogP contribution in [0.5, 0.6) is 5.88 Å². The molecule has 0 saturated heterocycles. The Morgan fingerprint density at radius 2 is 2.20 bits per heavy atom. The highest BCUT2D eigenvalue weighted by Gasteiger charge is 2.38. The van der Waals surface area contributed by atoms with Gasteiger partial charge in [-0.2, -0.15) is 0 Å². The molecule has 0 bridgehead atoms. The molecule has 0 amide bonds. The predicted octanol–water partition coefficient (Wildman–Crippen LogP) is 2.86. The molecular formula is C14H25N3O2Si. The maximum Gasteiger partial charge on any atom is 0.237 e. The fourth-order valence-electron chi connectivity index (χ4n) is 1.74. The van der Waals surface area contributed by atoms with Crippen molar-refractivity contribution < 1.29 is 9.16 Å². The zero-order valence-corrected chi connectivity index (χ0v) is 14.0. The molecule has 2 rings (SSSR count). The van der Waals surface area contributed by atoms with Gasteiger partial charge in [0.1, 0.15) is 6.61 Å². The van der Waals surface area contributed by atoms with E-state index in [0.29, 0.717) is 24.8 Å². The zero-order valence-electron chi connectivity index (χ0n) is 13.0. The molecule has 3 N–H and O–H groups in total. The Morgan fingerprint density at radius 1 is 1.50 bits per heavy atom. The van der Waals surface area contributed by atoms with Gasteiger partial charge in [-0.1, -0.05) is 20.8 Å². The van der Waals surface area contributed by atoms with E-state index in [4.69, 9.17) is 14.9 Å². The number of nitrogen functional groups attached to an aromatic ring is 1. The number of nitrogens with one attached hydrogen (secondary N) is 1. The van der Waals surface area contributed by atoms with Crippen LogP contribution in [0.3, 0.4) is 0 Å². The van der Waals surface area contributed by atoms with Crippen molar-refractivity contribution in [3.63, 3.8) is 0 Å². The van der Waals surface area contributed by atoms with Gasteiger partial charge < -0.3 is 20.2 Å². The van der Waals surface area contributed by atoms with Crippen LogP contribution < -0.4 is 15.8 Å². The summed E-state index contributed by atoms with van der Waals surface area (Å²) in [4.78, 5) is 4.16. The summed E-state index contributed by atoms with van der Waals surface area (Å²) in [6.45, 7) is 12.4. The van der Waals surface area contributed by atoms with E-state index in [1.54, 1.807) is 6.20 Å². The molecule has 1 aromatic heterocycles. The van der Waals surface area contributed by atoms with Crippen LogP contribution in [0, 0.1) is 0 Å². The Balaban J connectivity index is 1.97. The number of ether oxygens (including phenoxy) is 1. The number of aromatic nitrogens is 1. The van der Waals surface area contributed by atoms with E-state index in [1.807, 2.05) is 6.07 Å². The maximum atomic E-state index is 6.22. The molecule has 0 radical (unpaired) electrons. The van der Waals surface area contributed by atoms with E-state index in [-0.39, 0.29) is 11.1 Å². The van der Waals surface area contributed by atoms with Gasteiger partial charge in [-0.05, 0) is 24.2 Å². The van der Waals surface area contributed by atoms with Gasteiger partial charge in [0.25, 0.3) is 0 Å². The van der Waals surface area contributed by atoms with Crippen molar-refractivity contribution >= 4 is 19.7 Å². The SMILES string of the molecule is CC(C)(C)[Si](C)(C)OCC1COc2ncc(N)cc2N1. The number of anilines is 2. The van der Waals surface area contributed by atoms with Gasteiger partial charge in [0.2, 0.25) is 5.88 Å². The fraction of sp³-hybridized carbons (Fsp3) is 0.643. The van der Waals surface area contributed by atoms with Crippen LogP contribution in [0.15, 0.2) is 12.3 Å². The molecule has 0 saturated carbocycles. The third-order valence-electron chi connectivity index (χ3n) is 4.10. The molecule has 6 heteroatoms. The highest BCUT2D eigenvalue weighted by atomic mass is 28.4. The van der Waals surface area contributed by atoms with E-state index in [9.17, 15) is 0 Å². The van der Waals surface area contributed by atoms with Gasteiger partial charge in [-0.3, -0.25) is 0 Å². The van der Waals surface area contributed by atoms with Gasteiger partial charge >= 0.3 is 0 Å². The second-order valence-corrected chi connectivity index (χ2v) is 11.7. The summed E-state index contributed by atoms with van der Waals surface area (Å²) in [5.41, 5.74) is 7.22. The second kappa shape index (κ2) is 5.25. The largest absolute Gasteiger partial charge is 0.474 e. The van der Waals surface area contributed by atoms with Crippen molar-refractivity contribution in [3.05, 3.63) is 12.3 Å². The van der Waals surface area contributed by atoms with Crippen molar-refractivity contribution in [2.24, 2.45) is 0 Å². The Hall–Kier alpha value is -1.27. The lowest BCUT2D eigenvalue weighted by molar-refractivity contribution is 0.205. The van der Waals surface area contributed by atoms with Gasteiger partial charge in [-0.15, -0.1) is 0 Å². The summed E-state index contributed by atoms with van der Waals surface area (Å²) in [5.74, 6) is 0.614. The molecule has 0 aliphatic carbocycles. The fourth-order valence-corrected chi connectivity index (χ4v) is 2.79. The summed E-state index contributed by atoms with van der Waals surface area (Å²) in [5, 5.41) is 3.61. The molecule has 1 aliphatic heterocycles. The molecule has 2 heterocycles. The van der Waals surface area contributed by atoms with Crippen molar-refractivity contribution in [2.75, 3.05) is 24.3 Å². The highest BCUT2D eigenvalue weighted by molar-refractivity contribution is 6.74. The van der Waals surface area contributed by atoms with Gasteiger partial charge in [0.05, 0.1) is 30.2 Å². The monoisotopic (exact) mass is 295 g/mol. The lowest BCUT2D eigenvalue weighted by Gasteiger charge is -2.38. The number of fused-ring (bicyclic) bond motifs is 1. The number of nitrogens with zero attached hydrogens (tertiary/aromatic N) is 1. The minimum absolute atomic E-state index is 0.139. The third-order valence-corrected chi connectivity index (χ3v) is 8.61. The topological polar surface area (TPSA) is 69.4 Å². The standard InChI is InChI=1S/C14H25N3O2Si/c1-14(2,3)20(4,5)19-9-11-8-18-13-12(17-11)6-10(15)7-16-13/h6-7,11,17H,8-9,15H2,1-5H3. The number of hydrogen-bond acceptors (Lipinski definition) is 5. The van der Waals surface area contributed by atoms with Crippen LogP contribution in [0.25, 0.3) is 0 Å². The lowest BCUT2D eigenvalue weighted by Crippen LogP contribution is -2.45. The van der Waals surface area contributed by atoms with E-state index in [0.717, 1.165) is 5.69 Å². The second-order valence-electron chi connectivity index (χ2n) is 6.84. The summed E-state index contributed by atoms with van der Waals surface area (Å²) in [6.07, 6.45) is 1.60. The van der Waals surface area contributed by atoms with E-state index in [1.165, 1.54) is 0 Å². The number of rotatable bonds is 3. The average molecular weight is 295 g/mol. The summed E-state index contributed by atoms with van der Waals surface area (Å²) >= 11 is 0. The lowest BCUT2D eigenvalue weighted by atomic mass is 10.2. The van der Waals surface area contributed by atoms with Crippen molar-refractivity contribution in [3.8, 4) is 5.88 Å². The molecule has 1 unspecified atom stereocenters. The van der Waals surface area contributed by atoms with Crippen LogP contribution >= 0.6 is 0 Å². The van der Waals surface area contributed by atoms with Crippen molar-refractivity contribution in [1.29, 1.82) is 0 Å². The van der Waals surface area contributed by atoms with Crippen LogP contribution in [-0.2, 0) is 4.43 Å². The Morgan fingerprint density at radius 3 is 2.85 bits per heavy atom. The molecular weight excluding hydrogens is 270 g/mol. The zero-order chi connectivity index (χ0) is 15.0. The molecule has 1 aliphatic rings. The van der Waals surface area contributed by atoms with Gasteiger partial charge in [0.15, 0.2) is 8.32 Å². The Bertz CT molecular complexity index is 486. The summed E-state index contributed by atoms with van der Waals surface area (Å²) in [6, 6.07) is 1.99. The number of hydrogen-bond donors (Lipinski definition) is 2. The number of nitrogens with two attached hydrogens (primary N) is 1. The first-order valence-electron chi connectivity index (χ1n) is 6.98. The first-order chi connectivity index (χ1) is 9.19. The summed E-state index contributed by atoms with van der Waals surface area (Å²) in [7, 11) is -1.73. The summed E-state index contributed by atoms with van der Waals surface area (Å²) < 4.78 is 11.9. The molecule has 112 valence electrons. The van der Waals surface area contributed by atoms with E-state index >= 15 is 0 Å². The van der Waals surface area contributed by atoms with E-state index < -0.39 is 8.32 Å². The predicted molar refractivity (Wildman–Crippen MR) is 84.7 cm³/mol.